The van der Waals surface area contributed by atoms with Gasteiger partial charge in [-0.2, -0.15) is 13.2 Å². The predicted molar refractivity (Wildman–Crippen MR) is 105 cm³/mol. The maximum Gasteiger partial charge on any atom is 0.415 e. The van der Waals surface area contributed by atoms with Crippen LogP contribution >= 0.6 is 0 Å². The van der Waals surface area contributed by atoms with E-state index in [9.17, 15) is 22.4 Å². The summed E-state index contributed by atoms with van der Waals surface area (Å²) in [6, 6.07) is 6.05. The molecule has 2 aliphatic rings. The van der Waals surface area contributed by atoms with Gasteiger partial charge in [0.1, 0.15) is 17.1 Å². The summed E-state index contributed by atoms with van der Waals surface area (Å²) in [5, 5.41) is 2.54. The standard InChI is InChI=1S/C21H16F4N4O3/c1-2-11-3-6-16(27-8-11)18(30)28-12-4-5-15(22)13(7-12)20-10-32-17(21(23,24)25)14(20)9-31-19(26)29-20/h1,3-8,14,17H,9-10H2,(H2,26,29)(H,28,30)/t14-,17+,20?/m1/s1. The molecule has 1 saturated heterocycles. The third kappa shape index (κ3) is 3.73. The number of amidine groups is 1. The monoisotopic (exact) mass is 448 g/mol. The fourth-order valence-electron chi connectivity index (χ4n) is 3.84. The third-order valence-electron chi connectivity index (χ3n) is 5.36. The number of hydrogen-bond acceptors (Lipinski definition) is 6. The normalized spacial score (nSPS) is 24.7. The van der Waals surface area contributed by atoms with Gasteiger partial charge in [0.15, 0.2) is 6.10 Å². The number of nitrogens with two attached hydrogens (primary N) is 1. The number of terminal acetylenes is 1. The smallest absolute Gasteiger partial charge is 0.415 e. The Morgan fingerprint density at radius 1 is 1.31 bits per heavy atom. The summed E-state index contributed by atoms with van der Waals surface area (Å²) in [5.41, 5.74) is 4.29. The van der Waals surface area contributed by atoms with E-state index in [1.165, 1.54) is 30.5 Å². The Labute approximate surface area is 179 Å². The van der Waals surface area contributed by atoms with Gasteiger partial charge in [-0.15, -0.1) is 6.42 Å². The van der Waals surface area contributed by atoms with Crippen molar-refractivity contribution in [3.63, 3.8) is 0 Å². The first-order chi connectivity index (χ1) is 15.1. The molecule has 7 nitrogen and oxygen atoms in total. The Hall–Kier alpha value is -3.65. The van der Waals surface area contributed by atoms with Gasteiger partial charge in [0.2, 0.25) is 0 Å². The van der Waals surface area contributed by atoms with Crippen molar-refractivity contribution in [1.82, 2.24) is 4.98 Å². The highest BCUT2D eigenvalue weighted by molar-refractivity contribution is 6.02. The molecule has 4 rings (SSSR count). The van der Waals surface area contributed by atoms with E-state index in [2.05, 4.69) is 21.2 Å². The average molecular weight is 448 g/mol. The molecule has 2 aliphatic heterocycles. The Kier molecular flexibility index (Phi) is 5.26. The zero-order valence-electron chi connectivity index (χ0n) is 16.3. The number of carbonyl (C=O) groups is 1. The summed E-state index contributed by atoms with van der Waals surface area (Å²) < 4.78 is 65.3. The van der Waals surface area contributed by atoms with Gasteiger partial charge in [0.05, 0.1) is 19.1 Å². The van der Waals surface area contributed by atoms with Gasteiger partial charge >= 0.3 is 6.18 Å². The lowest BCUT2D eigenvalue weighted by molar-refractivity contribution is -0.219. The van der Waals surface area contributed by atoms with Crippen molar-refractivity contribution in [2.45, 2.75) is 17.8 Å². The van der Waals surface area contributed by atoms with Crippen LogP contribution in [0.15, 0.2) is 41.5 Å². The second-order valence-corrected chi connectivity index (χ2v) is 7.29. The van der Waals surface area contributed by atoms with Crippen molar-refractivity contribution in [2.75, 3.05) is 18.5 Å². The van der Waals surface area contributed by atoms with Crippen LogP contribution in [0.1, 0.15) is 21.6 Å². The number of anilines is 1. The number of amides is 1. The topological polar surface area (TPSA) is 98.8 Å². The molecule has 0 aliphatic carbocycles. The van der Waals surface area contributed by atoms with Gasteiger partial charge in [-0.3, -0.25) is 4.79 Å². The van der Waals surface area contributed by atoms with Gasteiger partial charge in [0, 0.05) is 23.0 Å². The number of aromatic nitrogens is 1. The average Bonchev–Trinajstić information content (AvgIpc) is 3.15. The van der Waals surface area contributed by atoms with E-state index in [4.69, 9.17) is 21.6 Å². The molecule has 1 aromatic heterocycles. The van der Waals surface area contributed by atoms with Gasteiger partial charge in [0.25, 0.3) is 11.9 Å². The highest BCUT2D eigenvalue weighted by Gasteiger charge is 2.62. The lowest BCUT2D eigenvalue weighted by Gasteiger charge is -2.36. The van der Waals surface area contributed by atoms with E-state index in [0.717, 1.165) is 6.07 Å². The van der Waals surface area contributed by atoms with Gasteiger partial charge in [-0.1, -0.05) is 5.92 Å². The van der Waals surface area contributed by atoms with E-state index in [-0.39, 0.29) is 23.0 Å². The van der Waals surface area contributed by atoms with Crippen LogP contribution in [-0.4, -0.2) is 42.4 Å². The van der Waals surface area contributed by atoms with Crippen molar-refractivity contribution in [1.29, 1.82) is 0 Å². The first-order valence-electron chi connectivity index (χ1n) is 9.34. The van der Waals surface area contributed by atoms with E-state index in [0.29, 0.717) is 5.56 Å². The van der Waals surface area contributed by atoms with E-state index in [1.54, 1.807) is 0 Å². The quantitative estimate of drug-likeness (QED) is 0.556. The lowest BCUT2D eigenvalue weighted by Crippen LogP contribution is -2.48. The van der Waals surface area contributed by atoms with Crippen LogP contribution in [0.3, 0.4) is 0 Å². The van der Waals surface area contributed by atoms with Crippen LogP contribution in [-0.2, 0) is 15.0 Å². The number of alkyl halides is 3. The van der Waals surface area contributed by atoms with E-state index < -0.39 is 48.7 Å². The van der Waals surface area contributed by atoms with Crippen LogP contribution in [0.25, 0.3) is 0 Å². The highest BCUT2D eigenvalue weighted by Crippen LogP contribution is 2.50. The molecule has 1 amide bonds. The van der Waals surface area contributed by atoms with Crippen molar-refractivity contribution in [3.05, 3.63) is 59.2 Å². The largest absolute Gasteiger partial charge is 0.465 e. The number of hydrogen-bond donors (Lipinski definition) is 2. The summed E-state index contributed by atoms with van der Waals surface area (Å²) in [7, 11) is 0. The predicted octanol–water partition coefficient (Wildman–Crippen LogP) is 2.57. The number of ether oxygens (including phenoxy) is 2. The number of fused-ring (bicyclic) bond motifs is 1. The Morgan fingerprint density at radius 3 is 2.75 bits per heavy atom. The van der Waals surface area contributed by atoms with Crippen molar-refractivity contribution < 1.29 is 31.8 Å². The number of nitrogens with zero attached hydrogens (tertiary/aromatic N) is 2. The number of carbonyl (C=O) groups excluding carboxylic acids is 1. The molecule has 0 spiro atoms. The summed E-state index contributed by atoms with van der Waals surface area (Å²) >= 11 is 0. The molecule has 1 unspecified atom stereocenters. The zero-order valence-corrected chi connectivity index (χ0v) is 16.3. The second-order valence-electron chi connectivity index (χ2n) is 7.29. The van der Waals surface area contributed by atoms with Crippen LogP contribution < -0.4 is 11.1 Å². The molecule has 2 aromatic rings. The molecule has 3 atom stereocenters. The number of halogens is 4. The number of benzene rings is 1. The third-order valence-corrected chi connectivity index (χ3v) is 5.36. The number of pyridine rings is 1. The molecule has 0 saturated carbocycles. The first kappa shape index (κ1) is 21.6. The Balaban J connectivity index is 1.69. The van der Waals surface area contributed by atoms with Crippen LogP contribution in [0.4, 0.5) is 23.2 Å². The minimum absolute atomic E-state index is 0.0422. The molecule has 166 valence electrons. The van der Waals surface area contributed by atoms with Gasteiger partial charge in [-0.25, -0.2) is 14.4 Å². The molecule has 0 bridgehead atoms. The summed E-state index contributed by atoms with van der Waals surface area (Å²) in [5.74, 6) is -0.441. The SMILES string of the molecule is C#Cc1ccc(C(=O)Nc2ccc(F)c(C34CO[C@H](C(F)(F)F)[C@H]3COC(N)=N4)c2)nc1. The van der Waals surface area contributed by atoms with Crippen molar-refractivity contribution in [2.24, 2.45) is 16.6 Å². The van der Waals surface area contributed by atoms with Crippen LogP contribution in [0.2, 0.25) is 0 Å². The van der Waals surface area contributed by atoms with Crippen molar-refractivity contribution >= 4 is 17.6 Å². The molecule has 1 fully saturated rings. The molecule has 11 heteroatoms. The summed E-state index contributed by atoms with van der Waals surface area (Å²) in [4.78, 5) is 20.5. The fourth-order valence-corrected chi connectivity index (χ4v) is 3.84. The maximum absolute atomic E-state index is 14.9. The maximum atomic E-state index is 14.9. The van der Waals surface area contributed by atoms with Gasteiger partial charge < -0.3 is 20.5 Å². The first-order valence-corrected chi connectivity index (χ1v) is 9.34. The minimum atomic E-state index is -4.71. The zero-order chi connectivity index (χ0) is 23.1. The summed E-state index contributed by atoms with van der Waals surface area (Å²) in [6.45, 7) is -1.02. The minimum Gasteiger partial charge on any atom is -0.465 e. The number of nitrogens with one attached hydrogen (secondary N) is 1. The lowest BCUT2D eigenvalue weighted by atomic mass is 9.77. The summed E-state index contributed by atoms with van der Waals surface area (Å²) in [6.07, 6.45) is -0.336. The van der Waals surface area contributed by atoms with E-state index >= 15 is 0 Å². The molecule has 0 radical (unpaired) electrons. The van der Waals surface area contributed by atoms with Crippen LogP contribution in [0.5, 0.6) is 0 Å². The van der Waals surface area contributed by atoms with E-state index in [1.807, 2.05) is 0 Å². The fraction of sp³-hybridized carbons (Fsp3) is 0.286. The van der Waals surface area contributed by atoms with Gasteiger partial charge in [-0.05, 0) is 30.3 Å². The van der Waals surface area contributed by atoms with Crippen molar-refractivity contribution in [3.8, 4) is 12.3 Å². The molecule has 32 heavy (non-hydrogen) atoms. The number of rotatable bonds is 3. The molecule has 1 aromatic carbocycles. The highest BCUT2D eigenvalue weighted by atomic mass is 19.4. The molecule has 3 heterocycles. The molecular formula is C21H16F4N4O3. The molecule has 3 N–H and O–H groups in total. The molecular weight excluding hydrogens is 432 g/mol. The van der Waals surface area contributed by atoms with Crippen LogP contribution in [0, 0.1) is 24.1 Å². The number of aliphatic imine (C=N–C) groups is 1. The Bertz CT molecular complexity index is 1130. The Morgan fingerprint density at radius 2 is 2.09 bits per heavy atom. The second kappa shape index (κ2) is 7.80.